The van der Waals surface area contributed by atoms with Gasteiger partial charge in [-0.25, -0.2) is 9.59 Å². The summed E-state index contributed by atoms with van der Waals surface area (Å²) < 4.78 is 10.8. The summed E-state index contributed by atoms with van der Waals surface area (Å²) in [6.45, 7) is 5.45. The van der Waals surface area contributed by atoms with Crippen molar-refractivity contribution >= 4 is 18.3 Å². The minimum atomic E-state index is -0.715. The molecule has 1 aliphatic heterocycles. The highest BCUT2D eigenvalue weighted by Gasteiger charge is 2.43. The van der Waals surface area contributed by atoms with Gasteiger partial charge in [0.15, 0.2) is 0 Å². The Bertz CT molecular complexity index is 608. The van der Waals surface area contributed by atoms with E-state index in [1.807, 2.05) is 30.3 Å². The molecule has 1 saturated heterocycles. The number of rotatable bonds is 5. The van der Waals surface area contributed by atoms with E-state index in [0.29, 0.717) is 12.8 Å². The zero-order valence-electron chi connectivity index (χ0n) is 14.9. The number of carbonyl (C=O) groups excluding carboxylic acids is 3. The molecule has 6 nitrogen and oxygen atoms in total. The van der Waals surface area contributed by atoms with Crippen LogP contribution in [-0.4, -0.2) is 40.9 Å². The molecule has 2 atom stereocenters. The fourth-order valence-corrected chi connectivity index (χ4v) is 2.90. The summed E-state index contributed by atoms with van der Waals surface area (Å²) in [4.78, 5) is 37.3. The molecule has 1 aliphatic rings. The number of esters is 1. The van der Waals surface area contributed by atoms with Crippen molar-refractivity contribution in [1.82, 2.24) is 4.90 Å². The fourth-order valence-electron chi connectivity index (χ4n) is 2.90. The molecule has 0 spiro atoms. The van der Waals surface area contributed by atoms with Crippen LogP contribution in [0.3, 0.4) is 0 Å². The largest absolute Gasteiger partial charge is 0.458 e. The van der Waals surface area contributed by atoms with Crippen LogP contribution >= 0.6 is 0 Å². The number of carbonyl (C=O) groups is 3. The number of likely N-dealkylation sites (tertiary alicyclic amines) is 1. The number of hydrogen-bond donors (Lipinski definition) is 0. The van der Waals surface area contributed by atoms with Gasteiger partial charge in [-0.1, -0.05) is 30.3 Å². The van der Waals surface area contributed by atoms with Crippen molar-refractivity contribution in [3.05, 3.63) is 35.9 Å². The van der Waals surface area contributed by atoms with Crippen LogP contribution in [-0.2, 0) is 25.7 Å². The minimum absolute atomic E-state index is 0.116. The van der Waals surface area contributed by atoms with E-state index in [1.165, 1.54) is 4.90 Å². The maximum atomic E-state index is 12.6. The summed E-state index contributed by atoms with van der Waals surface area (Å²) in [5.41, 5.74) is 0.218. The number of amides is 1. The number of aldehydes is 1. The second kappa shape index (κ2) is 8.14. The summed E-state index contributed by atoms with van der Waals surface area (Å²) in [7, 11) is 0. The Morgan fingerprint density at radius 1 is 1.20 bits per heavy atom. The second-order valence-electron chi connectivity index (χ2n) is 7.13. The first-order valence-corrected chi connectivity index (χ1v) is 8.47. The van der Waals surface area contributed by atoms with Gasteiger partial charge in [0.1, 0.15) is 24.5 Å². The van der Waals surface area contributed by atoms with E-state index in [-0.39, 0.29) is 19.1 Å². The molecule has 0 saturated carbocycles. The van der Waals surface area contributed by atoms with E-state index in [1.54, 1.807) is 20.8 Å². The molecule has 0 radical (unpaired) electrons. The van der Waals surface area contributed by atoms with Crippen LogP contribution in [0.5, 0.6) is 0 Å². The molecule has 0 aromatic heterocycles. The molecule has 6 heteroatoms. The minimum Gasteiger partial charge on any atom is -0.458 e. The Hall–Kier alpha value is -2.37. The Balaban J connectivity index is 2.08. The molecular formula is C19H25NO5. The highest BCUT2D eigenvalue weighted by Crippen LogP contribution is 2.29. The van der Waals surface area contributed by atoms with Crippen molar-refractivity contribution in [2.45, 2.75) is 64.3 Å². The lowest BCUT2D eigenvalue weighted by Gasteiger charge is -2.30. The predicted octanol–water partition coefficient (Wildman–Crippen LogP) is 3.09. The van der Waals surface area contributed by atoms with Crippen LogP contribution < -0.4 is 0 Å². The van der Waals surface area contributed by atoms with Crippen LogP contribution in [0, 0.1) is 0 Å². The van der Waals surface area contributed by atoms with Gasteiger partial charge in [-0.15, -0.1) is 0 Å². The summed E-state index contributed by atoms with van der Waals surface area (Å²) >= 11 is 0. The summed E-state index contributed by atoms with van der Waals surface area (Å²) in [5.74, 6) is -0.461. The lowest BCUT2D eigenvalue weighted by Crippen LogP contribution is -2.47. The molecule has 0 bridgehead atoms. The van der Waals surface area contributed by atoms with Gasteiger partial charge >= 0.3 is 12.1 Å². The number of hydrogen-bond acceptors (Lipinski definition) is 5. The molecule has 0 aliphatic carbocycles. The number of ether oxygens (including phenoxy) is 2. The van der Waals surface area contributed by atoms with E-state index >= 15 is 0 Å². The third kappa shape index (κ3) is 5.31. The summed E-state index contributed by atoms with van der Waals surface area (Å²) in [5, 5.41) is 0. The molecule has 2 rings (SSSR count). The number of nitrogens with zero attached hydrogens (tertiary/aromatic N) is 1. The van der Waals surface area contributed by atoms with Crippen LogP contribution in [0.1, 0.15) is 45.6 Å². The van der Waals surface area contributed by atoms with Crippen molar-refractivity contribution < 1.29 is 23.9 Å². The first-order valence-electron chi connectivity index (χ1n) is 8.47. The van der Waals surface area contributed by atoms with Crippen LogP contribution in [0.4, 0.5) is 4.79 Å². The van der Waals surface area contributed by atoms with Crippen molar-refractivity contribution in [3.8, 4) is 0 Å². The topological polar surface area (TPSA) is 72.9 Å². The van der Waals surface area contributed by atoms with E-state index in [9.17, 15) is 14.4 Å². The molecule has 1 aromatic rings. The molecule has 1 amide bonds. The van der Waals surface area contributed by atoms with Gasteiger partial charge in [0.25, 0.3) is 0 Å². The molecule has 136 valence electrons. The van der Waals surface area contributed by atoms with Crippen LogP contribution in [0.15, 0.2) is 30.3 Å². The maximum Gasteiger partial charge on any atom is 0.411 e. The van der Waals surface area contributed by atoms with Gasteiger partial charge in [-0.3, -0.25) is 4.90 Å². The van der Waals surface area contributed by atoms with Crippen LogP contribution in [0.2, 0.25) is 0 Å². The molecule has 0 N–H and O–H groups in total. The van der Waals surface area contributed by atoms with E-state index in [4.69, 9.17) is 9.47 Å². The third-order valence-electron chi connectivity index (χ3n) is 3.97. The van der Waals surface area contributed by atoms with Crippen LogP contribution in [0.25, 0.3) is 0 Å². The van der Waals surface area contributed by atoms with E-state index in [2.05, 4.69) is 0 Å². The Morgan fingerprint density at radius 3 is 2.48 bits per heavy atom. The molecule has 0 unspecified atom stereocenters. The molecule has 1 aromatic carbocycles. The Kier molecular flexibility index (Phi) is 6.17. The third-order valence-corrected chi connectivity index (χ3v) is 3.97. The fraction of sp³-hybridized carbons (Fsp3) is 0.526. The van der Waals surface area contributed by atoms with E-state index < -0.39 is 23.7 Å². The smallest absolute Gasteiger partial charge is 0.411 e. The first-order chi connectivity index (χ1) is 11.8. The normalized spacial score (nSPS) is 20.2. The molecular weight excluding hydrogens is 322 g/mol. The van der Waals surface area contributed by atoms with Gasteiger partial charge in [0.2, 0.25) is 0 Å². The number of benzene rings is 1. The average Bonchev–Trinajstić information content (AvgIpc) is 2.96. The second-order valence-corrected chi connectivity index (χ2v) is 7.13. The molecule has 1 heterocycles. The lowest BCUT2D eigenvalue weighted by atomic mass is 10.1. The Morgan fingerprint density at radius 2 is 1.88 bits per heavy atom. The van der Waals surface area contributed by atoms with Gasteiger partial charge < -0.3 is 14.3 Å². The molecule has 25 heavy (non-hydrogen) atoms. The highest BCUT2D eigenvalue weighted by atomic mass is 16.6. The van der Waals surface area contributed by atoms with Gasteiger partial charge in [-0.05, 0) is 39.2 Å². The standard InChI is InChI=1S/C19H25NO5/c1-19(2,3)25-17(22)16-10-9-15(11-12-21)20(16)18(23)24-13-14-7-5-4-6-8-14/h4-8,12,15-16H,9-11,13H2,1-3H3/t15-,16+/m1/s1. The zero-order chi connectivity index (χ0) is 18.4. The predicted molar refractivity (Wildman–Crippen MR) is 91.8 cm³/mol. The summed E-state index contributed by atoms with van der Waals surface area (Å²) in [6.07, 6.45) is 1.39. The van der Waals surface area contributed by atoms with Crippen molar-refractivity contribution in [3.63, 3.8) is 0 Å². The van der Waals surface area contributed by atoms with E-state index in [0.717, 1.165) is 11.8 Å². The first kappa shape index (κ1) is 19.0. The van der Waals surface area contributed by atoms with Gasteiger partial charge in [0, 0.05) is 12.5 Å². The van der Waals surface area contributed by atoms with Crippen molar-refractivity contribution in [2.75, 3.05) is 0 Å². The van der Waals surface area contributed by atoms with Crippen molar-refractivity contribution in [1.29, 1.82) is 0 Å². The maximum absolute atomic E-state index is 12.6. The zero-order valence-corrected chi connectivity index (χ0v) is 14.9. The van der Waals surface area contributed by atoms with Gasteiger partial charge in [-0.2, -0.15) is 0 Å². The highest BCUT2D eigenvalue weighted by molar-refractivity contribution is 5.83. The Labute approximate surface area is 148 Å². The molecule has 1 fully saturated rings. The van der Waals surface area contributed by atoms with Crippen molar-refractivity contribution in [2.24, 2.45) is 0 Å². The average molecular weight is 347 g/mol. The SMILES string of the molecule is CC(C)(C)OC(=O)[C@@H]1CC[C@H](CC=O)N1C(=O)OCc1ccccc1. The van der Waals surface area contributed by atoms with Gasteiger partial charge in [0.05, 0.1) is 0 Å². The quantitative estimate of drug-likeness (QED) is 0.604. The lowest BCUT2D eigenvalue weighted by molar-refractivity contribution is -0.160. The summed E-state index contributed by atoms with van der Waals surface area (Å²) in [6, 6.07) is 8.25. The monoisotopic (exact) mass is 347 g/mol.